The highest BCUT2D eigenvalue weighted by Gasteiger charge is 2.15. The van der Waals surface area contributed by atoms with Crippen LogP contribution in [-0.4, -0.2) is 27.9 Å². The quantitative estimate of drug-likeness (QED) is 0.787. The van der Waals surface area contributed by atoms with E-state index in [4.69, 9.17) is 11.6 Å². The van der Waals surface area contributed by atoms with Crippen molar-refractivity contribution >= 4 is 29.1 Å². The number of aromatic nitrogens is 2. The van der Waals surface area contributed by atoms with E-state index < -0.39 is 0 Å². The van der Waals surface area contributed by atoms with Crippen LogP contribution in [0.5, 0.6) is 0 Å². The van der Waals surface area contributed by atoms with Gasteiger partial charge in [0.2, 0.25) is 0 Å². The summed E-state index contributed by atoms with van der Waals surface area (Å²) >= 11 is 6.96. The second-order valence-electron chi connectivity index (χ2n) is 3.07. The fourth-order valence-corrected chi connectivity index (χ4v) is 2.08. The topological polar surface area (TPSA) is 49.8 Å². The molecule has 0 spiro atoms. The summed E-state index contributed by atoms with van der Waals surface area (Å²) in [7, 11) is 0. The Morgan fingerprint density at radius 3 is 2.77 bits per heavy atom. The minimum atomic E-state index is 0.489. The van der Waals surface area contributed by atoms with Gasteiger partial charge in [-0.25, -0.2) is 0 Å². The number of halogens is 1. The molecule has 4 nitrogen and oxygen atoms in total. The number of nitrogens with one attached hydrogen (secondary N) is 2. The Labute approximate surface area is 86.0 Å². The number of anilines is 1. The van der Waals surface area contributed by atoms with Crippen molar-refractivity contribution in [2.75, 3.05) is 18.4 Å². The van der Waals surface area contributed by atoms with Crippen molar-refractivity contribution < 1.29 is 0 Å². The molecular weight excluding hydrogens is 208 g/mol. The molecule has 0 saturated carbocycles. The average molecular weight is 219 g/mol. The van der Waals surface area contributed by atoms with Crippen molar-refractivity contribution in [3.05, 3.63) is 5.15 Å². The van der Waals surface area contributed by atoms with Crippen LogP contribution >= 0.6 is 23.3 Å². The summed E-state index contributed by atoms with van der Waals surface area (Å²) in [6.07, 6.45) is 2.24. The minimum absolute atomic E-state index is 0.489. The molecular formula is C7H11ClN4S. The third-order valence-electron chi connectivity index (χ3n) is 2.13. The van der Waals surface area contributed by atoms with E-state index in [1.54, 1.807) is 0 Å². The van der Waals surface area contributed by atoms with E-state index in [1.807, 2.05) is 0 Å². The highest BCUT2D eigenvalue weighted by Crippen LogP contribution is 2.20. The molecule has 13 heavy (non-hydrogen) atoms. The molecule has 2 rings (SSSR count). The van der Waals surface area contributed by atoms with Crippen LogP contribution in [0.3, 0.4) is 0 Å². The second-order valence-corrected chi connectivity index (χ2v) is 3.96. The van der Waals surface area contributed by atoms with E-state index in [0.29, 0.717) is 11.2 Å². The molecule has 6 heteroatoms. The summed E-state index contributed by atoms with van der Waals surface area (Å²) in [5.74, 6) is 0.735. The molecule has 72 valence electrons. The highest BCUT2D eigenvalue weighted by atomic mass is 35.5. The standard InChI is InChI=1S/C7H11ClN4S/c8-6-7(12-13-11-6)10-5-1-3-9-4-2-5/h5,9H,1-4H2,(H,10,12). The van der Waals surface area contributed by atoms with Crippen LogP contribution in [0.15, 0.2) is 0 Å². The first-order chi connectivity index (χ1) is 6.36. The summed E-state index contributed by atoms with van der Waals surface area (Å²) in [6, 6.07) is 0.489. The largest absolute Gasteiger partial charge is 0.364 e. The maximum atomic E-state index is 5.82. The molecule has 2 N–H and O–H groups in total. The summed E-state index contributed by atoms with van der Waals surface area (Å²) in [4.78, 5) is 0. The molecule has 1 saturated heterocycles. The van der Waals surface area contributed by atoms with Crippen LogP contribution in [0, 0.1) is 0 Å². The van der Waals surface area contributed by atoms with Gasteiger partial charge in [-0.05, 0) is 25.9 Å². The van der Waals surface area contributed by atoms with Crippen LogP contribution in [0.1, 0.15) is 12.8 Å². The van der Waals surface area contributed by atoms with Crippen molar-refractivity contribution in [3.8, 4) is 0 Å². The summed E-state index contributed by atoms with van der Waals surface area (Å²) in [6.45, 7) is 2.12. The number of hydrogen-bond acceptors (Lipinski definition) is 5. The smallest absolute Gasteiger partial charge is 0.186 e. The van der Waals surface area contributed by atoms with Gasteiger partial charge in [0.1, 0.15) is 0 Å². The molecule has 0 bridgehead atoms. The molecule has 1 fully saturated rings. The van der Waals surface area contributed by atoms with Gasteiger partial charge in [-0.2, -0.15) is 8.75 Å². The molecule has 1 aliphatic rings. The Balaban J connectivity index is 1.93. The lowest BCUT2D eigenvalue weighted by atomic mass is 10.1. The van der Waals surface area contributed by atoms with E-state index in [9.17, 15) is 0 Å². The molecule has 1 aromatic rings. The zero-order valence-corrected chi connectivity index (χ0v) is 8.66. The second kappa shape index (κ2) is 4.21. The predicted octanol–water partition coefficient (Wildman–Crippen LogP) is 1.36. The lowest BCUT2D eigenvalue weighted by Gasteiger charge is -2.23. The van der Waals surface area contributed by atoms with Gasteiger partial charge in [-0.15, -0.1) is 0 Å². The normalized spacial score (nSPS) is 18.8. The van der Waals surface area contributed by atoms with Gasteiger partial charge in [-0.3, -0.25) is 0 Å². The Morgan fingerprint density at radius 1 is 1.38 bits per heavy atom. The van der Waals surface area contributed by atoms with E-state index in [1.165, 1.54) is 0 Å². The Hall–Kier alpha value is -0.390. The molecule has 0 atom stereocenters. The van der Waals surface area contributed by atoms with E-state index in [0.717, 1.165) is 43.5 Å². The van der Waals surface area contributed by atoms with Crippen LogP contribution in [-0.2, 0) is 0 Å². The number of nitrogens with zero attached hydrogens (tertiary/aromatic N) is 2. The maximum Gasteiger partial charge on any atom is 0.186 e. The van der Waals surface area contributed by atoms with E-state index in [-0.39, 0.29) is 0 Å². The molecule has 2 heterocycles. The monoisotopic (exact) mass is 218 g/mol. The summed E-state index contributed by atoms with van der Waals surface area (Å²) in [5, 5.41) is 7.09. The first-order valence-corrected chi connectivity index (χ1v) is 5.42. The predicted molar refractivity (Wildman–Crippen MR) is 54.4 cm³/mol. The van der Waals surface area contributed by atoms with Crippen molar-refractivity contribution in [1.29, 1.82) is 0 Å². The number of rotatable bonds is 2. The fourth-order valence-electron chi connectivity index (χ4n) is 1.42. The number of piperidine rings is 1. The maximum absolute atomic E-state index is 5.82. The zero-order valence-electron chi connectivity index (χ0n) is 7.09. The van der Waals surface area contributed by atoms with Crippen LogP contribution in [0.2, 0.25) is 5.15 Å². The van der Waals surface area contributed by atoms with Crippen molar-refractivity contribution in [2.45, 2.75) is 18.9 Å². The zero-order chi connectivity index (χ0) is 9.10. The van der Waals surface area contributed by atoms with Gasteiger partial charge in [0.05, 0.1) is 11.7 Å². The summed E-state index contributed by atoms with van der Waals surface area (Å²) < 4.78 is 7.98. The van der Waals surface area contributed by atoms with Gasteiger partial charge in [0.25, 0.3) is 0 Å². The molecule has 0 aromatic carbocycles. The van der Waals surface area contributed by atoms with Crippen molar-refractivity contribution in [1.82, 2.24) is 14.1 Å². The lowest BCUT2D eigenvalue weighted by Crippen LogP contribution is -2.35. The lowest BCUT2D eigenvalue weighted by molar-refractivity contribution is 0.478. The van der Waals surface area contributed by atoms with Crippen molar-refractivity contribution in [3.63, 3.8) is 0 Å². The molecule has 0 amide bonds. The first kappa shape index (κ1) is 9.18. The molecule has 1 aliphatic heterocycles. The fraction of sp³-hybridized carbons (Fsp3) is 0.714. The van der Waals surface area contributed by atoms with Gasteiger partial charge in [0, 0.05) is 6.04 Å². The van der Waals surface area contributed by atoms with Crippen LogP contribution in [0.4, 0.5) is 5.82 Å². The summed E-state index contributed by atoms with van der Waals surface area (Å²) in [5.41, 5.74) is 0. The third kappa shape index (κ3) is 2.30. The first-order valence-electron chi connectivity index (χ1n) is 4.31. The van der Waals surface area contributed by atoms with E-state index in [2.05, 4.69) is 19.4 Å². The SMILES string of the molecule is Clc1nsnc1NC1CCNCC1. The van der Waals surface area contributed by atoms with Crippen LogP contribution in [0.25, 0.3) is 0 Å². The van der Waals surface area contributed by atoms with Gasteiger partial charge >= 0.3 is 0 Å². The van der Waals surface area contributed by atoms with Gasteiger partial charge < -0.3 is 10.6 Å². The Kier molecular flexibility index (Phi) is 2.97. The molecule has 0 radical (unpaired) electrons. The minimum Gasteiger partial charge on any atom is -0.364 e. The molecule has 1 aromatic heterocycles. The Bertz CT molecular complexity index is 271. The highest BCUT2D eigenvalue weighted by molar-refractivity contribution is 6.99. The number of hydrogen-bond donors (Lipinski definition) is 2. The average Bonchev–Trinajstić information content (AvgIpc) is 2.54. The Morgan fingerprint density at radius 2 is 2.15 bits per heavy atom. The van der Waals surface area contributed by atoms with Gasteiger partial charge in [0.15, 0.2) is 11.0 Å². The van der Waals surface area contributed by atoms with Gasteiger partial charge in [-0.1, -0.05) is 11.6 Å². The van der Waals surface area contributed by atoms with Crippen LogP contribution < -0.4 is 10.6 Å². The third-order valence-corrected chi connectivity index (χ3v) is 3.02. The molecule has 0 aliphatic carbocycles. The van der Waals surface area contributed by atoms with E-state index >= 15 is 0 Å². The van der Waals surface area contributed by atoms with Crippen molar-refractivity contribution in [2.24, 2.45) is 0 Å². The molecule has 0 unspecified atom stereocenters.